The molecule has 0 aromatic heterocycles. The third-order valence-corrected chi connectivity index (χ3v) is 5.70. The van der Waals surface area contributed by atoms with Crippen LogP contribution >= 0.6 is 0 Å². The number of hydrogen-bond acceptors (Lipinski definition) is 2. The normalized spacial score (nSPS) is 12.1. The quantitative estimate of drug-likeness (QED) is 0.198. The minimum atomic E-state index is -0.974. The molecule has 3 heteroatoms. The molecule has 0 saturated heterocycles. The highest BCUT2D eigenvalue weighted by Gasteiger charge is 2.26. The molecule has 0 unspecified atom stereocenters. The van der Waals surface area contributed by atoms with Gasteiger partial charge < -0.3 is 16.1 Å². The Balaban J connectivity index is 0. The van der Waals surface area contributed by atoms with Crippen LogP contribution in [0, 0.1) is 5.41 Å². The maximum absolute atomic E-state index is 11.1. The van der Waals surface area contributed by atoms with E-state index in [4.69, 9.17) is 0 Å². The maximum atomic E-state index is 11.1. The topological polar surface area (TPSA) is 76.6 Å². The van der Waals surface area contributed by atoms with Crippen molar-refractivity contribution in [1.82, 2.24) is 6.15 Å². The molecule has 3 nitrogen and oxygen atoms in total. The molecule has 0 bridgehead atoms. The highest BCUT2D eigenvalue weighted by Crippen LogP contribution is 2.40. The van der Waals surface area contributed by atoms with Crippen molar-refractivity contribution in [2.24, 2.45) is 5.41 Å². The van der Waals surface area contributed by atoms with Crippen molar-refractivity contribution < 1.29 is 9.90 Å². The van der Waals surface area contributed by atoms with E-state index in [-0.39, 0.29) is 6.15 Å². The van der Waals surface area contributed by atoms with E-state index in [1.807, 2.05) is 6.08 Å². The van der Waals surface area contributed by atoms with Gasteiger partial charge in [-0.25, -0.2) is 0 Å². The van der Waals surface area contributed by atoms with Crippen LogP contribution in [0.2, 0.25) is 0 Å². The Labute approximate surface area is 170 Å². The van der Waals surface area contributed by atoms with Gasteiger partial charge >= 0.3 is 0 Å². The largest absolute Gasteiger partial charge is 0.545 e. The Kier molecular flexibility index (Phi) is 19.5. The van der Waals surface area contributed by atoms with E-state index >= 15 is 0 Å². The summed E-state index contributed by atoms with van der Waals surface area (Å²) in [6.45, 7) is 9.07. The molecule has 0 amide bonds. The number of carbonyl (C=O) groups is 1. The molecule has 0 aromatic rings. The molecule has 0 aliphatic heterocycles. The molecule has 0 fully saturated rings. The monoisotopic (exact) mass is 383 g/mol. The van der Waals surface area contributed by atoms with Crippen molar-refractivity contribution in [1.29, 1.82) is 0 Å². The zero-order valence-electron chi connectivity index (χ0n) is 19.2. The molecule has 162 valence electrons. The first-order chi connectivity index (χ1) is 12.5. The minimum absolute atomic E-state index is 0. The van der Waals surface area contributed by atoms with Crippen molar-refractivity contribution in [3.05, 3.63) is 11.6 Å². The van der Waals surface area contributed by atoms with Crippen LogP contribution in [0.3, 0.4) is 0 Å². The molecule has 0 atom stereocenters. The molecule has 0 aliphatic rings. The summed E-state index contributed by atoms with van der Waals surface area (Å²) in [5.74, 6) is -0.974. The summed E-state index contributed by atoms with van der Waals surface area (Å²) in [5, 5.41) is 11.1. The van der Waals surface area contributed by atoms with Gasteiger partial charge in [0.05, 0.1) is 5.97 Å². The number of allylic oxidation sites excluding steroid dienone is 1. The number of carbonyl (C=O) groups excluding carboxylic acids is 1. The van der Waals surface area contributed by atoms with Crippen LogP contribution in [0.15, 0.2) is 11.6 Å². The van der Waals surface area contributed by atoms with Gasteiger partial charge in [0.25, 0.3) is 0 Å². The number of quaternary nitrogens is 1. The van der Waals surface area contributed by atoms with Gasteiger partial charge in [0, 0.05) is 0 Å². The number of rotatable bonds is 18. The first-order valence-electron chi connectivity index (χ1n) is 11.5. The van der Waals surface area contributed by atoms with E-state index in [0.717, 1.165) is 25.7 Å². The first kappa shape index (κ1) is 28.4. The first-order valence-corrected chi connectivity index (χ1v) is 11.5. The highest BCUT2D eigenvalue weighted by atomic mass is 16.4. The van der Waals surface area contributed by atoms with Crippen LogP contribution in [-0.2, 0) is 4.79 Å². The van der Waals surface area contributed by atoms with Gasteiger partial charge in [0.15, 0.2) is 0 Å². The molecule has 0 radical (unpaired) electrons. The Hall–Kier alpha value is -0.830. The smallest absolute Gasteiger partial charge is 0.0671 e. The SMILES string of the molecule is CCCCC(=CCCCCCCCC(CCC)(CCC)CCC)C(=O)[O-].[NH4+]. The summed E-state index contributed by atoms with van der Waals surface area (Å²) in [6.07, 6.45) is 21.2. The standard InChI is InChI=1S/C24H46O2.H3N/c1-5-9-16-22(23(25)26)17-14-12-10-11-13-15-21-24(18-6-2,19-7-3)20-8-4;/h17H,5-16,18-21H2,1-4H3,(H,25,26);1H3. The van der Waals surface area contributed by atoms with Crippen LogP contribution in [0.25, 0.3) is 0 Å². The lowest BCUT2D eigenvalue weighted by atomic mass is 9.72. The van der Waals surface area contributed by atoms with Crippen LogP contribution < -0.4 is 11.3 Å². The molecule has 0 spiro atoms. The molecule has 0 aromatic carbocycles. The number of hydrogen-bond donors (Lipinski definition) is 1. The van der Waals surface area contributed by atoms with E-state index in [1.54, 1.807) is 0 Å². The molecular formula is C24H49NO2. The summed E-state index contributed by atoms with van der Waals surface area (Å²) in [5.41, 5.74) is 1.11. The van der Waals surface area contributed by atoms with Crippen molar-refractivity contribution in [2.45, 2.75) is 130 Å². The Morgan fingerprint density at radius 2 is 1.26 bits per heavy atom. The fraction of sp³-hybridized carbons (Fsp3) is 0.875. The number of carboxylic acid groups (broad SMARTS) is 1. The van der Waals surface area contributed by atoms with Gasteiger partial charge in [-0.15, -0.1) is 0 Å². The lowest BCUT2D eigenvalue weighted by molar-refractivity contribution is -0.299. The summed E-state index contributed by atoms with van der Waals surface area (Å²) < 4.78 is 0. The van der Waals surface area contributed by atoms with E-state index in [0.29, 0.717) is 17.4 Å². The van der Waals surface area contributed by atoms with Gasteiger partial charge in [0.2, 0.25) is 0 Å². The predicted octanol–water partition coefficient (Wildman–Crippen LogP) is 7.35. The lowest BCUT2D eigenvalue weighted by Gasteiger charge is -2.34. The molecule has 0 heterocycles. The van der Waals surface area contributed by atoms with Crippen molar-refractivity contribution in [2.75, 3.05) is 0 Å². The summed E-state index contributed by atoms with van der Waals surface area (Å²) in [4.78, 5) is 11.1. The number of aliphatic carboxylic acids is 1. The molecule has 0 saturated carbocycles. The van der Waals surface area contributed by atoms with E-state index in [9.17, 15) is 9.90 Å². The van der Waals surface area contributed by atoms with E-state index in [1.165, 1.54) is 70.6 Å². The summed E-state index contributed by atoms with van der Waals surface area (Å²) in [7, 11) is 0. The van der Waals surface area contributed by atoms with Crippen LogP contribution in [0.4, 0.5) is 0 Å². The van der Waals surface area contributed by atoms with E-state index < -0.39 is 5.97 Å². The van der Waals surface area contributed by atoms with Gasteiger partial charge in [-0.05, 0) is 62.4 Å². The third kappa shape index (κ3) is 13.9. The van der Waals surface area contributed by atoms with Crippen LogP contribution in [0.5, 0.6) is 0 Å². The highest BCUT2D eigenvalue weighted by molar-refractivity contribution is 5.84. The zero-order valence-corrected chi connectivity index (χ0v) is 19.2. The van der Waals surface area contributed by atoms with Gasteiger partial charge in [-0.3, -0.25) is 0 Å². The Morgan fingerprint density at radius 3 is 1.74 bits per heavy atom. The fourth-order valence-electron chi connectivity index (χ4n) is 4.45. The molecule has 27 heavy (non-hydrogen) atoms. The van der Waals surface area contributed by atoms with Gasteiger partial charge in [-0.1, -0.05) is 85.1 Å². The van der Waals surface area contributed by atoms with Gasteiger partial charge in [0.1, 0.15) is 0 Å². The maximum Gasteiger partial charge on any atom is 0.0671 e. The second-order valence-electron chi connectivity index (χ2n) is 8.18. The fourth-order valence-corrected chi connectivity index (χ4v) is 4.45. The van der Waals surface area contributed by atoms with Crippen LogP contribution in [0.1, 0.15) is 130 Å². The van der Waals surface area contributed by atoms with Crippen LogP contribution in [-0.4, -0.2) is 5.97 Å². The summed E-state index contributed by atoms with van der Waals surface area (Å²) in [6, 6.07) is 0. The predicted molar refractivity (Wildman–Crippen MR) is 118 cm³/mol. The minimum Gasteiger partial charge on any atom is -0.545 e. The van der Waals surface area contributed by atoms with Crippen molar-refractivity contribution >= 4 is 5.97 Å². The van der Waals surface area contributed by atoms with Gasteiger partial charge in [-0.2, -0.15) is 0 Å². The molecule has 0 rings (SSSR count). The van der Waals surface area contributed by atoms with Crippen molar-refractivity contribution in [3.63, 3.8) is 0 Å². The number of unbranched alkanes of at least 4 members (excludes halogenated alkanes) is 6. The van der Waals surface area contributed by atoms with Crippen molar-refractivity contribution in [3.8, 4) is 0 Å². The molecule has 0 aliphatic carbocycles. The van der Waals surface area contributed by atoms with E-state index in [2.05, 4.69) is 27.7 Å². The average molecular weight is 384 g/mol. The third-order valence-electron chi connectivity index (χ3n) is 5.70. The second kappa shape index (κ2) is 18.5. The number of carboxylic acids is 1. The molecule has 4 N–H and O–H groups in total. The molecular weight excluding hydrogens is 334 g/mol. The Bertz CT molecular complexity index is 360. The lowest BCUT2D eigenvalue weighted by Crippen LogP contribution is -2.24. The summed E-state index contributed by atoms with van der Waals surface area (Å²) >= 11 is 0. The zero-order chi connectivity index (χ0) is 19.7. The Morgan fingerprint density at radius 1 is 0.741 bits per heavy atom. The average Bonchev–Trinajstić information content (AvgIpc) is 2.60. The second-order valence-corrected chi connectivity index (χ2v) is 8.18.